The lowest BCUT2D eigenvalue weighted by molar-refractivity contribution is 1.11. The Labute approximate surface area is 155 Å². The molecule has 0 aliphatic heterocycles. The van der Waals surface area contributed by atoms with Gasteiger partial charge in [-0.1, -0.05) is 23.2 Å². The van der Waals surface area contributed by atoms with Gasteiger partial charge in [-0.25, -0.2) is 4.98 Å². The molecule has 25 heavy (non-hydrogen) atoms. The number of benzene rings is 2. The van der Waals surface area contributed by atoms with E-state index >= 15 is 0 Å². The normalized spacial score (nSPS) is 10.2. The molecule has 2 N–H and O–H groups in total. The molecule has 1 heterocycles. The van der Waals surface area contributed by atoms with Gasteiger partial charge in [-0.2, -0.15) is 10.2 Å². The van der Waals surface area contributed by atoms with Crippen molar-refractivity contribution in [2.45, 2.75) is 6.92 Å². The van der Waals surface area contributed by atoms with E-state index in [-0.39, 0.29) is 0 Å². The van der Waals surface area contributed by atoms with Crippen molar-refractivity contribution in [2.24, 2.45) is 0 Å². The Balaban J connectivity index is 1.82. The molecule has 0 spiro atoms. The average molecular weight is 370 g/mol. The van der Waals surface area contributed by atoms with Crippen LogP contribution in [-0.2, 0) is 0 Å². The molecule has 0 aliphatic rings. The number of rotatable bonds is 4. The Morgan fingerprint density at radius 2 is 1.60 bits per heavy atom. The van der Waals surface area contributed by atoms with E-state index in [0.717, 1.165) is 17.1 Å². The summed E-state index contributed by atoms with van der Waals surface area (Å²) in [5, 5.41) is 16.1. The van der Waals surface area contributed by atoms with Crippen molar-refractivity contribution in [3.8, 4) is 6.07 Å². The monoisotopic (exact) mass is 369 g/mol. The first-order valence-electron chi connectivity index (χ1n) is 7.38. The van der Waals surface area contributed by atoms with Crippen molar-refractivity contribution >= 4 is 46.3 Å². The number of hydrogen-bond donors (Lipinski definition) is 2. The second kappa shape index (κ2) is 7.39. The Kier molecular flexibility index (Phi) is 5.03. The number of aryl methyl sites for hydroxylation is 1. The number of nitriles is 1. The quantitative estimate of drug-likeness (QED) is 0.639. The average Bonchev–Trinajstić information content (AvgIpc) is 2.58. The maximum atomic E-state index is 8.85. The molecule has 5 nitrogen and oxygen atoms in total. The zero-order valence-corrected chi connectivity index (χ0v) is 14.7. The number of anilines is 4. The van der Waals surface area contributed by atoms with Gasteiger partial charge in [-0.15, -0.1) is 0 Å². The first kappa shape index (κ1) is 17.0. The molecule has 0 aliphatic carbocycles. The van der Waals surface area contributed by atoms with Crippen LogP contribution in [-0.4, -0.2) is 9.97 Å². The fourth-order valence-electron chi connectivity index (χ4n) is 2.17. The van der Waals surface area contributed by atoms with Crippen LogP contribution in [0.4, 0.5) is 23.1 Å². The highest BCUT2D eigenvalue weighted by Crippen LogP contribution is 2.26. The molecule has 0 amide bonds. The topological polar surface area (TPSA) is 73.6 Å². The summed E-state index contributed by atoms with van der Waals surface area (Å²) < 4.78 is 0. The summed E-state index contributed by atoms with van der Waals surface area (Å²) in [5.41, 5.74) is 2.97. The zero-order chi connectivity index (χ0) is 17.8. The summed E-state index contributed by atoms with van der Waals surface area (Å²) in [6, 6.07) is 16.3. The van der Waals surface area contributed by atoms with Crippen molar-refractivity contribution in [1.29, 1.82) is 5.26 Å². The predicted octanol–water partition coefficient (Wildman–Crippen LogP) is 5.45. The van der Waals surface area contributed by atoms with Gasteiger partial charge in [0.25, 0.3) is 0 Å². The lowest BCUT2D eigenvalue weighted by atomic mass is 10.2. The third-order valence-corrected chi connectivity index (χ3v) is 4.06. The maximum Gasteiger partial charge on any atom is 0.229 e. The Morgan fingerprint density at radius 1 is 0.880 bits per heavy atom. The van der Waals surface area contributed by atoms with Crippen molar-refractivity contribution < 1.29 is 0 Å². The molecule has 2 aromatic carbocycles. The molecule has 7 heteroatoms. The third-order valence-electron chi connectivity index (χ3n) is 3.32. The molecule has 0 saturated heterocycles. The van der Waals surface area contributed by atoms with E-state index in [4.69, 9.17) is 28.5 Å². The van der Waals surface area contributed by atoms with Gasteiger partial charge in [-0.05, 0) is 49.4 Å². The van der Waals surface area contributed by atoms with E-state index in [1.165, 1.54) is 0 Å². The highest BCUT2D eigenvalue weighted by atomic mass is 35.5. The second-order valence-electron chi connectivity index (χ2n) is 5.29. The maximum absolute atomic E-state index is 8.85. The van der Waals surface area contributed by atoms with Crippen molar-refractivity contribution in [3.63, 3.8) is 0 Å². The summed E-state index contributed by atoms with van der Waals surface area (Å²) >= 11 is 12.0. The lowest BCUT2D eigenvalue weighted by Gasteiger charge is -2.10. The molecular formula is C18H13Cl2N5. The molecule has 0 saturated carbocycles. The molecule has 3 rings (SSSR count). The summed E-state index contributed by atoms with van der Waals surface area (Å²) in [5.74, 6) is 1.08. The smallest absolute Gasteiger partial charge is 0.229 e. The minimum Gasteiger partial charge on any atom is -0.340 e. The Morgan fingerprint density at radius 3 is 2.28 bits per heavy atom. The molecule has 0 bridgehead atoms. The van der Waals surface area contributed by atoms with E-state index < -0.39 is 0 Å². The summed E-state index contributed by atoms with van der Waals surface area (Å²) in [4.78, 5) is 8.81. The van der Waals surface area contributed by atoms with E-state index in [1.807, 2.05) is 25.1 Å². The second-order valence-corrected chi connectivity index (χ2v) is 6.10. The standard InChI is InChI=1S/C18H13Cl2N5/c1-11-8-17(23-13-4-2-12(10-21)3-5-13)25-18(22-11)24-14-6-7-15(19)16(20)9-14/h2-9H,1H3,(H2,22,23,24,25). The van der Waals surface area contributed by atoms with E-state index in [0.29, 0.717) is 27.4 Å². The van der Waals surface area contributed by atoms with Crippen LogP contribution >= 0.6 is 23.2 Å². The van der Waals surface area contributed by atoms with Gasteiger partial charge in [-0.3, -0.25) is 0 Å². The molecule has 0 fully saturated rings. The SMILES string of the molecule is Cc1cc(Nc2ccc(C#N)cc2)nc(Nc2ccc(Cl)c(Cl)c2)n1. The van der Waals surface area contributed by atoms with Crippen molar-refractivity contribution in [2.75, 3.05) is 10.6 Å². The molecule has 0 radical (unpaired) electrons. The fourth-order valence-corrected chi connectivity index (χ4v) is 2.47. The van der Waals surface area contributed by atoms with Crippen LogP contribution in [0.25, 0.3) is 0 Å². The van der Waals surface area contributed by atoms with Gasteiger partial charge in [0.1, 0.15) is 5.82 Å². The van der Waals surface area contributed by atoms with E-state index in [2.05, 4.69) is 26.7 Å². The Hall–Kier alpha value is -2.81. The van der Waals surface area contributed by atoms with Crippen molar-refractivity contribution in [3.05, 3.63) is 69.8 Å². The number of nitrogens with zero attached hydrogens (tertiary/aromatic N) is 3. The Bertz CT molecular complexity index is 949. The van der Waals surface area contributed by atoms with Crippen LogP contribution in [0.5, 0.6) is 0 Å². The van der Waals surface area contributed by atoms with Crippen LogP contribution in [0.1, 0.15) is 11.3 Å². The van der Waals surface area contributed by atoms with Crippen molar-refractivity contribution in [1.82, 2.24) is 9.97 Å². The summed E-state index contributed by atoms with van der Waals surface area (Å²) in [7, 11) is 0. The predicted molar refractivity (Wildman–Crippen MR) is 101 cm³/mol. The number of hydrogen-bond acceptors (Lipinski definition) is 5. The number of halogens is 2. The van der Waals surface area contributed by atoms with Gasteiger partial charge in [0.2, 0.25) is 5.95 Å². The number of nitrogens with one attached hydrogen (secondary N) is 2. The molecule has 3 aromatic rings. The van der Waals surface area contributed by atoms with Crippen LogP contribution in [0.2, 0.25) is 10.0 Å². The van der Waals surface area contributed by atoms with Gasteiger partial charge in [0.15, 0.2) is 0 Å². The highest BCUT2D eigenvalue weighted by Gasteiger charge is 2.05. The first-order chi connectivity index (χ1) is 12.0. The molecule has 1 aromatic heterocycles. The summed E-state index contributed by atoms with van der Waals surface area (Å²) in [6.07, 6.45) is 0. The molecule has 0 atom stereocenters. The minimum atomic E-state index is 0.439. The van der Waals surface area contributed by atoms with Crippen LogP contribution in [0.15, 0.2) is 48.5 Å². The van der Waals surface area contributed by atoms with Crippen LogP contribution < -0.4 is 10.6 Å². The largest absolute Gasteiger partial charge is 0.340 e. The molecular weight excluding hydrogens is 357 g/mol. The zero-order valence-electron chi connectivity index (χ0n) is 13.2. The minimum absolute atomic E-state index is 0.439. The fraction of sp³-hybridized carbons (Fsp3) is 0.0556. The van der Waals surface area contributed by atoms with Crippen LogP contribution in [0.3, 0.4) is 0 Å². The van der Waals surface area contributed by atoms with E-state index in [9.17, 15) is 0 Å². The lowest BCUT2D eigenvalue weighted by Crippen LogP contribution is -2.02. The number of aromatic nitrogens is 2. The van der Waals surface area contributed by atoms with Gasteiger partial charge < -0.3 is 10.6 Å². The molecule has 0 unspecified atom stereocenters. The van der Waals surface area contributed by atoms with Gasteiger partial charge in [0.05, 0.1) is 21.7 Å². The van der Waals surface area contributed by atoms with Gasteiger partial charge in [0, 0.05) is 23.1 Å². The van der Waals surface area contributed by atoms with E-state index in [1.54, 1.807) is 30.3 Å². The van der Waals surface area contributed by atoms with Crippen LogP contribution in [0, 0.1) is 18.3 Å². The molecule has 124 valence electrons. The summed E-state index contributed by atoms with van der Waals surface area (Å²) in [6.45, 7) is 1.88. The van der Waals surface area contributed by atoms with Gasteiger partial charge >= 0.3 is 0 Å². The third kappa shape index (κ3) is 4.38. The highest BCUT2D eigenvalue weighted by molar-refractivity contribution is 6.42. The first-order valence-corrected chi connectivity index (χ1v) is 8.14.